The third-order valence-electron chi connectivity index (χ3n) is 4.50. The maximum absolute atomic E-state index is 5.50. The Morgan fingerprint density at radius 1 is 1.30 bits per heavy atom. The third-order valence-corrected chi connectivity index (χ3v) is 4.50. The number of aliphatic imine (C=N–C) groups is 1. The quantitative estimate of drug-likeness (QED) is 0.245. The topological polar surface area (TPSA) is 45.6 Å². The molecule has 5 heteroatoms. The van der Waals surface area contributed by atoms with E-state index >= 15 is 0 Å². The fourth-order valence-electron chi connectivity index (χ4n) is 2.55. The van der Waals surface area contributed by atoms with Gasteiger partial charge >= 0.3 is 0 Å². The highest BCUT2D eigenvalue weighted by molar-refractivity contribution is 14.0. The standard InChI is InChI=1S/C18H37N3O.HI/c1-7-22-13-12-18(10-11-18)14-20-16(19-6)21-15(2)8-9-17(3,4)5;/h15H,7-14H2,1-6H3,(H2,19,20,21);1H. The summed E-state index contributed by atoms with van der Waals surface area (Å²) in [7, 11) is 1.85. The summed E-state index contributed by atoms with van der Waals surface area (Å²) in [4.78, 5) is 4.36. The highest BCUT2D eigenvalue weighted by Crippen LogP contribution is 2.48. The van der Waals surface area contributed by atoms with Crippen LogP contribution in [0.15, 0.2) is 4.99 Å². The molecule has 1 fully saturated rings. The highest BCUT2D eigenvalue weighted by atomic mass is 127. The summed E-state index contributed by atoms with van der Waals surface area (Å²) in [6.45, 7) is 13.9. The van der Waals surface area contributed by atoms with Crippen molar-refractivity contribution in [3.05, 3.63) is 0 Å². The van der Waals surface area contributed by atoms with Gasteiger partial charge in [0, 0.05) is 32.8 Å². The Morgan fingerprint density at radius 3 is 2.43 bits per heavy atom. The van der Waals surface area contributed by atoms with Crippen LogP contribution in [0.25, 0.3) is 0 Å². The van der Waals surface area contributed by atoms with E-state index < -0.39 is 0 Å². The van der Waals surface area contributed by atoms with Gasteiger partial charge in [0.15, 0.2) is 5.96 Å². The Hall–Kier alpha value is -0.0400. The van der Waals surface area contributed by atoms with E-state index in [-0.39, 0.29) is 24.0 Å². The minimum atomic E-state index is 0. The number of nitrogens with zero attached hydrogens (tertiary/aromatic N) is 1. The summed E-state index contributed by atoms with van der Waals surface area (Å²) >= 11 is 0. The van der Waals surface area contributed by atoms with Crippen molar-refractivity contribution in [2.45, 2.75) is 72.8 Å². The summed E-state index contributed by atoms with van der Waals surface area (Å²) in [5.74, 6) is 0.934. The van der Waals surface area contributed by atoms with Crippen molar-refractivity contribution in [2.24, 2.45) is 15.8 Å². The molecular weight excluding hydrogens is 401 g/mol. The van der Waals surface area contributed by atoms with Crippen LogP contribution in [0.5, 0.6) is 0 Å². The average Bonchev–Trinajstić information content (AvgIpc) is 3.21. The van der Waals surface area contributed by atoms with Crippen molar-refractivity contribution >= 4 is 29.9 Å². The van der Waals surface area contributed by atoms with Gasteiger partial charge in [-0.1, -0.05) is 20.8 Å². The van der Waals surface area contributed by atoms with Crippen LogP contribution in [-0.4, -0.2) is 38.8 Å². The average molecular weight is 439 g/mol. The number of hydrogen-bond acceptors (Lipinski definition) is 2. The summed E-state index contributed by atoms with van der Waals surface area (Å²) in [5, 5.41) is 7.02. The zero-order valence-corrected chi connectivity index (χ0v) is 18.3. The van der Waals surface area contributed by atoms with Gasteiger partial charge in [-0.2, -0.15) is 0 Å². The Morgan fingerprint density at radius 2 is 1.96 bits per heavy atom. The first-order valence-electron chi connectivity index (χ1n) is 8.85. The van der Waals surface area contributed by atoms with E-state index in [1.807, 2.05) is 7.05 Å². The van der Waals surface area contributed by atoms with Crippen LogP contribution in [0.4, 0.5) is 0 Å². The fourth-order valence-corrected chi connectivity index (χ4v) is 2.55. The molecule has 0 aromatic carbocycles. The van der Waals surface area contributed by atoms with Crippen LogP contribution < -0.4 is 10.6 Å². The first kappa shape index (κ1) is 23.0. The number of rotatable bonds is 9. The van der Waals surface area contributed by atoms with Crippen molar-refractivity contribution < 1.29 is 4.74 Å². The van der Waals surface area contributed by atoms with Gasteiger partial charge in [0.05, 0.1) is 0 Å². The molecule has 0 aliphatic heterocycles. The molecule has 1 rings (SSSR count). The normalized spacial score (nSPS) is 18.1. The molecule has 0 heterocycles. The van der Waals surface area contributed by atoms with Crippen LogP contribution in [0.3, 0.4) is 0 Å². The van der Waals surface area contributed by atoms with E-state index in [1.54, 1.807) is 0 Å². The lowest BCUT2D eigenvalue weighted by molar-refractivity contribution is 0.128. The number of hydrogen-bond donors (Lipinski definition) is 2. The van der Waals surface area contributed by atoms with Crippen molar-refractivity contribution in [1.29, 1.82) is 0 Å². The maximum atomic E-state index is 5.50. The van der Waals surface area contributed by atoms with E-state index in [1.165, 1.54) is 25.7 Å². The molecule has 0 amide bonds. The van der Waals surface area contributed by atoms with Crippen LogP contribution in [0.1, 0.15) is 66.7 Å². The minimum absolute atomic E-state index is 0. The van der Waals surface area contributed by atoms with Crippen molar-refractivity contribution in [1.82, 2.24) is 10.6 Å². The van der Waals surface area contributed by atoms with Crippen LogP contribution in [0, 0.1) is 10.8 Å². The predicted octanol–water partition coefficient (Wildman–Crippen LogP) is 4.19. The monoisotopic (exact) mass is 439 g/mol. The molecule has 1 unspecified atom stereocenters. The molecule has 0 aromatic rings. The van der Waals surface area contributed by atoms with E-state index in [0.29, 0.717) is 16.9 Å². The molecule has 23 heavy (non-hydrogen) atoms. The first-order chi connectivity index (χ1) is 10.3. The Balaban J connectivity index is 0.00000484. The highest BCUT2D eigenvalue weighted by Gasteiger charge is 2.41. The Bertz CT molecular complexity index is 349. The Labute approximate surface area is 160 Å². The number of ether oxygens (including phenoxy) is 1. The predicted molar refractivity (Wildman–Crippen MR) is 111 cm³/mol. The van der Waals surface area contributed by atoms with Gasteiger partial charge in [0.25, 0.3) is 0 Å². The molecule has 4 nitrogen and oxygen atoms in total. The summed E-state index contributed by atoms with van der Waals surface area (Å²) in [6.07, 6.45) is 6.16. The van der Waals surface area contributed by atoms with Crippen molar-refractivity contribution in [3.63, 3.8) is 0 Å². The van der Waals surface area contributed by atoms with Crippen LogP contribution >= 0.6 is 24.0 Å². The zero-order chi connectivity index (χ0) is 16.6. The molecule has 0 bridgehead atoms. The SMILES string of the molecule is CCOCCC1(CNC(=NC)NC(C)CCC(C)(C)C)CC1.I. The molecule has 0 radical (unpaired) electrons. The molecule has 2 N–H and O–H groups in total. The molecular formula is C18H38IN3O. The van der Waals surface area contributed by atoms with Gasteiger partial charge in [-0.3, -0.25) is 4.99 Å². The third kappa shape index (κ3) is 10.4. The van der Waals surface area contributed by atoms with Crippen molar-refractivity contribution in [3.8, 4) is 0 Å². The second kappa shape index (κ2) is 10.7. The fraction of sp³-hybridized carbons (Fsp3) is 0.944. The molecule has 0 spiro atoms. The molecule has 0 saturated heterocycles. The van der Waals surface area contributed by atoms with Crippen molar-refractivity contribution in [2.75, 3.05) is 26.8 Å². The molecule has 1 saturated carbocycles. The van der Waals surface area contributed by atoms with Gasteiger partial charge in [-0.05, 0) is 56.8 Å². The van der Waals surface area contributed by atoms with E-state index in [9.17, 15) is 0 Å². The van der Waals surface area contributed by atoms with E-state index in [4.69, 9.17) is 4.74 Å². The molecule has 0 aromatic heterocycles. The van der Waals surface area contributed by atoms with Gasteiger partial charge in [-0.15, -0.1) is 24.0 Å². The smallest absolute Gasteiger partial charge is 0.191 e. The lowest BCUT2D eigenvalue weighted by Gasteiger charge is -2.24. The largest absolute Gasteiger partial charge is 0.382 e. The Kier molecular flexibility index (Phi) is 10.7. The lowest BCUT2D eigenvalue weighted by Crippen LogP contribution is -2.44. The van der Waals surface area contributed by atoms with Gasteiger partial charge in [0.1, 0.15) is 0 Å². The maximum Gasteiger partial charge on any atom is 0.191 e. The second-order valence-electron chi connectivity index (χ2n) is 8.02. The molecule has 1 atom stereocenters. The number of guanidine groups is 1. The second-order valence-corrected chi connectivity index (χ2v) is 8.02. The summed E-state index contributed by atoms with van der Waals surface area (Å²) in [6, 6.07) is 0.448. The van der Waals surface area contributed by atoms with E-state index in [2.05, 4.69) is 50.2 Å². The molecule has 138 valence electrons. The van der Waals surface area contributed by atoms with Gasteiger partial charge in [0.2, 0.25) is 0 Å². The van der Waals surface area contributed by atoms with E-state index in [0.717, 1.165) is 32.1 Å². The summed E-state index contributed by atoms with van der Waals surface area (Å²) < 4.78 is 5.50. The molecule has 1 aliphatic rings. The zero-order valence-electron chi connectivity index (χ0n) is 16.0. The lowest BCUT2D eigenvalue weighted by atomic mass is 9.89. The van der Waals surface area contributed by atoms with Crippen LogP contribution in [0.2, 0.25) is 0 Å². The minimum Gasteiger partial charge on any atom is -0.382 e. The van der Waals surface area contributed by atoms with Crippen LogP contribution in [-0.2, 0) is 4.74 Å². The summed E-state index contributed by atoms with van der Waals surface area (Å²) in [5.41, 5.74) is 0.839. The first-order valence-corrected chi connectivity index (χ1v) is 8.85. The van der Waals surface area contributed by atoms with Gasteiger partial charge < -0.3 is 15.4 Å². The number of nitrogens with one attached hydrogen (secondary N) is 2. The van der Waals surface area contributed by atoms with Gasteiger partial charge in [-0.25, -0.2) is 0 Å². The number of halogens is 1. The molecule has 1 aliphatic carbocycles.